The lowest BCUT2D eigenvalue weighted by atomic mass is 10.2. The average molecular weight is 216 g/mol. The number of aliphatic carboxylic acids is 1. The first kappa shape index (κ1) is 11.4. The SMILES string of the molecule is NC(CNc1ccc(F)c(F)c1)C(=O)O. The molecule has 0 aliphatic rings. The first-order chi connectivity index (χ1) is 7.00. The lowest BCUT2D eigenvalue weighted by Crippen LogP contribution is -2.36. The highest BCUT2D eigenvalue weighted by Crippen LogP contribution is 2.12. The number of carbonyl (C=O) groups is 1. The lowest BCUT2D eigenvalue weighted by Gasteiger charge is -2.09. The summed E-state index contributed by atoms with van der Waals surface area (Å²) in [5.74, 6) is -3.11. The van der Waals surface area contributed by atoms with Crippen LogP contribution < -0.4 is 11.1 Å². The van der Waals surface area contributed by atoms with E-state index < -0.39 is 23.6 Å². The Kier molecular flexibility index (Phi) is 3.56. The van der Waals surface area contributed by atoms with Crippen molar-refractivity contribution >= 4 is 11.7 Å². The molecule has 0 saturated heterocycles. The number of rotatable bonds is 4. The Hall–Kier alpha value is -1.69. The summed E-state index contributed by atoms with van der Waals surface area (Å²) in [6.45, 7) is -0.0552. The van der Waals surface area contributed by atoms with Crippen molar-refractivity contribution in [2.24, 2.45) is 5.73 Å². The van der Waals surface area contributed by atoms with Gasteiger partial charge in [-0.2, -0.15) is 0 Å². The van der Waals surface area contributed by atoms with E-state index in [9.17, 15) is 13.6 Å². The van der Waals surface area contributed by atoms with Crippen molar-refractivity contribution in [1.29, 1.82) is 0 Å². The highest BCUT2D eigenvalue weighted by molar-refractivity contribution is 5.74. The predicted octanol–water partition coefficient (Wildman–Crippen LogP) is 0.789. The molecule has 0 heterocycles. The van der Waals surface area contributed by atoms with Gasteiger partial charge in [0.1, 0.15) is 6.04 Å². The summed E-state index contributed by atoms with van der Waals surface area (Å²) < 4.78 is 25.2. The molecular weight excluding hydrogens is 206 g/mol. The van der Waals surface area contributed by atoms with Gasteiger partial charge in [-0.25, -0.2) is 8.78 Å². The second-order valence-electron chi connectivity index (χ2n) is 2.95. The van der Waals surface area contributed by atoms with Gasteiger partial charge in [-0.1, -0.05) is 0 Å². The van der Waals surface area contributed by atoms with Gasteiger partial charge in [0.25, 0.3) is 0 Å². The molecule has 0 amide bonds. The maximum Gasteiger partial charge on any atom is 0.322 e. The standard InChI is InChI=1S/C9H10F2N2O2/c10-6-2-1-5(3-7(6)11)13-4-8(12)9(14)15/h1-3,8,13H,4,12H2,(H,14,15). The predicted molar refractivity (Wildman–Crippen MR) is 50.5 cm³/mol. The van der Waals surface area contributed by atoms with Crippen LogP contribution in [0.25, 0.3) is 0 Å². The second-order valence-corrected chi connectivity index (χ2v) is 2.95. The molecule has 0 aliphatic heterocycles. The van der Waals surface area contributed by atoms with Crippen molar-refractivity contribution in [2.45, 2.75) is 6.04 Å². The Labute approximate surface area is 84.7 Å². The molecule has 0 fully saturated rings. The van der Waals surface area contributed by atoms with E-state index in [2.05, 4.69) is 5.32 Å². The summed E-state index contributed by atoms with van der Waals surface area (Å²) in [6, 6.07) is 2.10. The Bertz CT molecular complexity index is 371. The summed E-state index contributed by atoms with van der Waals surface area (Å²) in [7, 11) is 0. The monoisotopic (exact) mass is 216 g/mol. The molecule has 0 aliphatic carbocycles. The van der Waals surface area contributed by atoms with Gasteiger partial charge in [0, 0.05) is 12.2 Å². The third-order valence-corrected chi connectivity index (χ3v) is 1.76. The van der Waals surface area contributed by atoms with Gasteiger partial charge in [0.2, 0.25) is 0 Å². The number of halogens is 2. The van der Waals surface area contributed by atoms with Crippen LogP contribution in [0.3, 0.4) is 0 Å². The minimum atomic E-state index is -1.16. The molecule has 0 bridgehead atoms. The highest BCUT2D eigenvalue weighted by atomic mass is 19.2. The molecule has 4 nitrogen and oxygen atoms in total. The minimum absolute atomic E-state index is 0.0552. The number of nitrogens with one attached hydrogen (secondary N) is 1. The molecule has 1 aromatic rings. The second kappa shape index (κ2) is 4.70. The van der Waals surface area contributed by atoms with Gasteiger partial charge in [0.05, 0.1) is 0 Å². The summed E-state index contributed by atoms with van der Waals surface area (Å²) >= 11 is 0. The molecule has 1 atom stereocenters. The molecule has 0 aromatic heterocycles. The number of carboxylic acid groups (broad SMARTS) is 1. The fourth-order valence-corrected chi connectivity index (χ4v) is 0.921. The fraction of sp³-hybridized carbons (Fsp3) is 0.222. The van der Waals surface area contributed by atoms with Crippen molar-refractivity contribution in [3.63, 3.8) is 0 Å². The van der Waals surface area contributed by atoms with Gasteiger partial charge in [-0.3, -0.25) is 4.79 Å². The number of nitrogens with two attached hydrogens (primary N) is 1. The fourth-order valence-electron chi connectivity index (χ4n) is 0.921. The molecule has 1 rings (SSSR count). The Morgan fingerprint density at radius 1 is 1.47 bits per heavy atom. The third-order valence-electron chi connectivity index (χ3n) is 1.76. The molecule has 1 unspecified atom stereocenters. The molecule has 4 N–H and O–H groups in total. The Morgan fingerprint density at radius 3 is 2.67 bits per heavy atom. The maximum absolute atomic E-state index is 12.7. The highest BCUT2D eigenvalue weighted by Gasteiger charge is 2.10. The van der Waals surface area contributed by atoms with Gasteiger partial charge in [0.15, 0.2) is 11.6 Å². The lowest BCUT2D eigenvalue weighted by molar-refractivity contribution is -0.138. The zero-order valence-corrected chi connectivity index (χ0v) is 7.71. The first-order valence-corrected chi connectivity index (χ1v) is 4.18. The first-order valence-electron chi connectivity index (χ1n) is 4.18. The molecule has 0 saturated carbocycles. The van der Waals surface area contributed by atoms with E-state index in [-0.39, 0.29) is 12.2 Å². The number of hydrogen-bond acceptors (Lipinski definition) is 3. The number of hydrogen-bond donors (Lipinski definition) is 3. The van der Waals surface area contributed by atoms with Crippen molar-refractivity contribution in [3.05, 3.63) is 29.8 Å². The van der Waals surface area contributed by atoms with Crippen molar-refractivity contribution in [2.75, 3.05) is 11.9 Å². The van der Waals surface area contributed by atoms with E-state index in [1.54, 1.807) is 0 Å². The van der Waals surface area contributed by atoms with Crippen molar-refractivity contribution < 1.29 is 18.7 Å². The number of carboxylic acids is 1. The maximum atomic E-state index is 12.7. The van der Waals surface area contributed by atoms with E-state index >= 15 is 0 Å². The largest absolute Gasteiger partial charge is 0.480 e. The molecule has 15 heavy (non-hydrogen) atoms. The van der Waals surface area contributed by atoms with Crippen LogP contribution in [0, 0.1) is 11.6 Å². The van der Waals surface area contributed by atoms with Gasteiger partial charge < -0.3 is 16.2 Å². The Balaban J connectivity index is 2.58. The minimum Gasteiger partial charge on any atom is -0.480 e. The summed E-state index contributed by atoms with van der Waals surface area (Å²) in [6.07, 6.45) is 0. The summed E-state index contributed by atoms with van der Waals surface area (Å²) in [4.78, 5) is 10.3. The van der Waals surface area contributed by atoms with Crippen LogP contribution in [0.5, 0.6) is 0 Å². The molecule has 6 heteroatoms. The van der Waals surface area contributed by atoms with Crippen molar-refractivity contribution in [1.82, 2.24) is 0 Å². The molecule has 1 aromatic carbocycles. The van der Waals surface area contributed by atoms with Crippen LogP contribution in [0.1, 0.15) is 0 Å². The van der Waals surface area contributed by atoms with E-state index in [1.807, 2.05) is 0 Å². The quantitative estimate of drug-likeness (QED) is 0.695. The van der Waals surface area contributed by atoms with Crippen LogP contribution in [0.2, 0.25) is 0 Å². The van der Waals surface area contributed by atoms with E-state index in [0.29, 0.717) is 0 Å². The van der Waals surface area contributed by atoms with Crippen LogP contribution in [0.4, 0.5) is 14.5 Å². The third kappa shape index (κ3) is 3.17. The molecule has 82 valence electrons. The van der Waals surface area contributed by atoms with Gasteiger partial charge in [-0.15, -0.1) is 0 Å². The summed E-state index contributed by atoms with van der Waals surface area (Å²) in [5.41, 5.74) is 5.49. The zero-order valence-electron chi connectivity index (χ0n) is 7.71. The normalized spacial score (nSPS) is 12.2. The Morgan fingerprint density at radius 2 is 2.13 bits per heavy atom. The average Bonchev–Trinajstić information content (AvgIpc) is 2.19. The van der Waals surface area contributed by atoms with Crippen LogP contribution in [0.15, 0.2) is 18.2 Å². The molecule has 0 radical (unpaired) electrons. The topological polar surface area (TPSA) is 75.3 Å². The summed E-state index contributed by atoms with van der Waals surface area (Å²) in [5, 5.41) is 11.0. The van der Waals surface area contributed by atoms with Crippen LogP contribution in [-0.4, -0.2) is 23.7 Å². The van der Waals surface area contributed by atoms with E-state index in [0.717, 1.165) is 12.1 Å². The van der Waals surface area contributed by atoms with Crippen molar-refractivity contribution in [3.8, 4) is 0 Å². The zero-order chi connectivity index (χ0) is 11.4. The van der Waals surface area contributed by atoms with Crippen LogP contribution >= 0.6 is 0 Å². The van der Waals surface area contributed by atoms with Crippen LogP contribution in [-0.2, 0) is 4.79 Å². The number of benzene rings is 1. The molecule has 0 spiro atoms. The van der Waals surface area contributed by atoms with Gasteiger partial charge >= 0.3 is 5.97 Å². The van der Waals surface area contributed by atoms with E-state index in [1.165, 1.54) is 6.07 Å². The smallest absolute Gasteiger partial charge is 0.322 e. The van der Waals surface area contributed by atoms with E-state index in [4.69, 9.17) is 10.8 Å². The molecular formula is C9H10F2N2O2. The number of anilines is 1. The van der Waals surface area contributed by atoms with Gasteiger partial charge in [-0.05, 0) is 18.2 Å².